The summed E-state index contributed by atoms with van der Waals surface area (Å²) in [6.07, 6.45) is 1.68. The van der Waals surface area contributed by atoms with Gasteiger partial charge in [-0.15, -0.1) is 0 Å². The van der Waals surface area contributed by atoms with Crippen LogP contribution in [0.5, 0.6) is 11.5 Å². The van der Waals surface area contributed by atoms with Crippen LogP contribution in [0.1, 0.15) is 16.9 Å². The van der Waals surface area contributed by atoms with E-state index in [1.165, 1.54) is 0 Å². The van der Waals surface area contributed by atoms with Crippen LogP contribution in [0.3, 0.4) is 0 Å². The lowest BCUT2D eigenvalue weighted by Gasteiger charge is -2.29. The number of benzene rings is 2. The van der Waals surface area contributed by atoms with Crippen molar-refractivity contribution in [2.45, 2.75) is 20.0 Å². The largest absolute Gasteiger partial charge is 0.497 e. The average Bonchev–Trinajstić information content (AvgIpc) is 3.27. The maximum atomic E-state index is 12.3. The Morgan fingerprint density at radius 2 is 1.97 bits per heavy atom. The van der Waals surface area contributed by atoms with Crippen molar-refractivity contribution in [3.05, 3.63) is 82.1 Å². The fourth-order valence-electron chi connectivity index (χ4n) is 4.00. The monoisotopic (exact) mass is 403 g/mol. The van der Waals surface area contributed by atoms with Crippen molar-refractivity contribution < 1.29 is 18.3 Å². The molecule has 6 heteroatoms. The zero-order chi connectivity index (χ0) is 20.7. The van der Waals surface area contributed by atoms with Gasteiger partial charge in [0.25, 0.3) is 0 Å². The molecule has 1 aliphatic heterocycles. The van der Waals surface area contributed by atoms with Crippen molar-refractivity contribution in [2.75, 3.05) is 13.8 Å². The van der Waals surface area contributed by atoms with E-state index in [0.29, 0.717) is 25.4 Å². The molecule has 0 saturated carbocycles. The molecule has 2 aromatic carbocycles. The second kappa shape index (κ2) is 7.39. The fourth-order valence-corrected chi connectivity index (χ4v) is 4.00. The number of ether oxygens (including phenoxy) is 2. The first-order valence-corrected chi connectivity index (χ1v) is 9.74. The smallest absolute Gasteiger partial charge is 0.336 e. The number of aryl methyl sites for hydroxylation is 1. The number of fused-ring (bicyclic) bond motifs is 2. The molecule has 0 radical (unpaired) electrons. The van der Waals surface area contributed by atoms with Gasteiger partial charge in [0.15, 0.2) is 0 Å². The molecule has 0 saturated heterocycles. The van der Waals surface area contributed by atoms with Gasteiger partial charge in [-0.3, -0.25) is 4.90 Å². The van der Waals surface area contributed by atoms with E-state index in [0.717, 1.165) is 44.9 Å². The lowest BCUT2D eigenvalue weighted by atomic mass is 9.97. The van der Waals surface area contributed by atoms with E-state index in [2.05, 4.69) is 11.0 Å². The molecule has 5 rings (SSSR count). The van der Waals surface area contributed by atoms with E-state index in [1.54, 1.807) is 19.4 Å². The van der Waals surface area contributed by atoms with E-state index < -0.39 is 0 Å². The second-order valence-corrected chi connectivity index (χ2v) is 7.41. The fraction of sp³-hybridized carbons (Fsp3) is 0.208. The summed E-state index contributed by atoms with van der Waals surface area (Å²) in [7, 11) is 1.63. The van der Waals surface area contributed by atoms with Gasteiger partial charge in [-0.1, -0.05) is 12.1 Å². The molecule has 0 unspecified atom stereocenters. The molecule has 0 amide bonds. The van der Waals surface area contributed by atoms with Crippen LogP contribution in [0.4, 0.5) is 0 Å². The predicted octanol–water partition coefficient (Wildman–Crippen LogP) is 4.72. The normalized spacial score (nSPS) is 13.8. The van der Waals surface area contributed by atoms with Crippen LogP contribution in [0, 0.1) is 6.92 Å². The minimum absolute atomic E-state index is 0.383. The molecule has 0 N–H and O–H groups in total. The Morgan fingerprint density at radius 3 is 2.70 bits per heavy atom. The summed E-state index contributed by atoms with van der Waals surface area (Å²) < 4.78 is 22.4. The second-order valence-electron chi connectivity index (χ2n) is 7.41. The highest BCUT2D eigenvalue weighted by molar-refractivity contribution is 5.96. The predicted molar refractivity (Wildman–Crippen MR) is 113 cm³/mol. The van der Waals surface area contributed by atoms with Gasteiger partial charge in [0.05, 0.1) is 19.9 Å². The zero-order valence-electron chi connectivity index (χ0n) is 16.8. The van der Waals surface area contributed by atoms with Gasteiger partial charge in [-0.25, -0.2) is 4.79 Å². The highest BCUT2D eigenvalue weighted by Crippen LogP contribution is 2.38. The van der Waals surface area contributed by atoms with Crippen molar-refractivity contribution >= 4 is 11.0 Å². The minimum atomic E-state index is -0.383. The number of nitrogens with zero attached hydrogens (tertiary/aromatic N) is 1. The highest BCUT2D eigenvalue weighted by atomic mass is 16.5. The Labute approximate surface area is 173 Å². The van der Waals surface area contributed by atoms with E-state index in [9.17, 15) is 4.79 Å². The molecule has 0 aliphatic carbocycles. The molecular weight excluding hydrogens is 382 g/mol. The van der Waals surface area contributed by atoms with Crippen molar-refractivity contribution in [3.63, 3.8) is 0 Å². The third-order valence-corrected chi connectivity index (χ3v) is 5.44. The summed E-state index contributed by atoms with van der Waals surface area (Å²) >= 11 is 0. The summed E-state index contributed by atoms with van der Waals surface area (Å²) in [4.78, 5) is 14.5. The Balaban J connectivity index is 1.61. The molecular formula is C24H21NO5. The number of hydrogen-bond donors (Lipinski definition) is 0. The van der Waals surface area contributed by atoms with E-state index >= 15 is 0 Å². The third kappa shape index (κ3) is 3.25. The number of rotatable bonds is 4. The Morgan fingerprint density at radius 1 is 1.13 bits per heavy atom. The van der Waals surface area contributed by atoms with Crippen LogP contribution in [0.2, 0.25) is 0 Å². The maximum Gasteiger partial charge on any atom is 0.336 e. The van der Waals surface area contributed by atoms with Gasteiger partial charge in [0.2, 0.25) is 0 Å². The molecule has 6 nitrogen and oxygen atoms in total. The lowest BCUT2D eigenvalue weighted by molar-refractivity contribution is 0.0818. The van der Waals surface area contributed by atoms with Crippen molar-refractivity contribution in [1.82, 2.24) is 4.90 Å². The maximum absolute atomic E-state index is 12.3. The third-order valence-electron chi connectivity index (χ3n) is 5.44. The first kappa shape index (κ1) is 18.5. The topological polar surface area (TPSA) is 65.0 Å². The summed E-state index contributed by atoms with van der Waals surface area (Å²) in [5.74, 6) is 2.44. The van der Waals surface area contributed by atoms with Crippen LogP contribution in [0.25, 0.3) is 22.1 Å². The molecule has 4 aromatic rings. The Kier molecular flexibility index (Phi) is 4.56. The van der Waals surface area contributed by atoms with Crippen LogP contribution < -0.4 is 15.1 Å². The number of furan rings is 1. The first-order chi connectivity index (χ1) is 14.6. The first-order valence-electron chi connectivity index (χ1n) is 9.74. The molecule has 1 aliphatic rings. The molecule has 0 bridgehead atoms. The number of methoxy groups -OCH3 is 1. The van der Waals surface area contributed by atoms with Gasteiger partial charge < -0.3 is 18.3 Å². The van der Waals surface area contributed by atoms with Crippen LogP contribution in [-0.2, 0) is 13.1 Å². The van der Waals surface area contributed by atoms with Gasteiger partial charge in [-0.2, -0.15) is 0 Å². The van der Waals surface area contributed by atoms with Crippen molar-refractivity contribution in [1.29, 1.82) is 0 Å². The van der Waals surface area contributed by atoms with Crippen LogP contribution in [-0.4, -0.2) is 18.7 Å². The molecule has 152 valence electrons. The Bertz CT molecular complexity index is 1260. The van der Waals surface area contributed by atoms with Gasteiger partial charge in [0.1, 0.15) is 29.6 Å². The molecule has 0 fully saturated rings. The standard InChI is InChI=1S/C24H21NO5/c1-15-23-17(12-25(14-29-23)13-19-4-3-9-28-19)10-21-20(11-22(26)30-24(15)21)16-5-7-18(27-2)8-6-16/h3-11H,12-14H2,1-2H3. The summed E-state index contributed by atoms with van der Waals surface area (Å²) in [5, 5.41) is 0.888. The van der Waals surface area contributed by atoms with Crippen molar-refractivity contribution in [2.24, 2.45) is 0 Å². The zero-order valence-corrected chi connectivity index (χ0v) is 16.8. The summed E-state index contributed by atoms with van der Waals surface area (Å²) in [6, 6.07) is 15.1. The molecule has 0 atom stereocenters. The van der Waals surface area contributed by atoms with Crippen LogP contribution >= 0.6 is 0 Å². The Hall–Kier alpha value is -3.51. The minimum Gasteiger partial charge on any atom is -0.497 e. The van der Waals surface area contributed by atoms with E-state index in [1.807, 2.05) is 43.3 Å². The summed E-state index contributed by atoms with van der Waals surface area (Å²) in [5.41, 5.74) is 3.84. The SMILES string of the molecule is COc1ccc(-c2cc(=O)oc3c(C)c4c(cc23)CN(Cc2ccco2)CO4)cc1. The lowest BCUT2D eigenvalue weighted by Crippen LogP contribution is -2.31. The number of hydrogen-bond acceptors (Lipinski definition) is 6. The van der Waals surface area contributed by atoms with Gasteiger partial charge in [-0.05, 0) is 48.4 Å². The highest BCUT2D eigenvalue weighted by Gasteiger charge is 2.24. The summed E-state index contributed by atoms with van der Waals surface area (Å²) in [6.45, 7) is 3.76. The quantitative estimate of drug-likeness (QED) is 0.459. The van der Waals surface area contributed by atoms with Gasteiger partial charge in [0, 0.05) is 29.1 Å². The van der Waals surface area contributed by atoms with Gasteiger partial charge >= 0.3 is 5.63 Å². The molecule has 30 heavy (non-hydrogen) atoms. The molecule has 2 aromatic heterocycles. The van der Waals surface area contributed by atoms with Crippen molar-refractivity contribution in [3.8, 4) is 22.6 Å². The molecule has 3 heterocycles. The van der Waals surface area contributed by atoms with E-state index in [-0.39, 0.29) is 5.63 Å². The molecule has 0 spiro atoms. The van der Waals surface area contributed by atoms with E-state index in [4.69, 9.17) is 18.3 Å². The average molecular weight is 403 g/mol. The van der Waals surface area contributed by atoms with Crippen LogP contribution in [0.15, 0.2) is 68.4 Å².